The number of nitriles is 2. The molecule has 0 spiro atoms. The predicted molar refractivity (Wildman–Crippen MR) is 97.3 cm³/mol. The Kier molecular flexibility index (Phi) is 5.39. The molecule has 1 N–H and O–H groups in total. The number of nitrogens with one attached hydrogen (secondary N) is 1. The lowest BCUT2D eigenvalue weighted by molar-refractivity contribution is 0.439. The van der Waals surface area contributed by atoms with Gasteiger partial charge in [0.25, 0.3) is 10.0 Å². The van der Waals surface area contributed by atoms with E-state index in [2.05, 4.69) is 9.71 Å². The lowest BCUT2D eigenvalue weighted by atomic mass is 10.2. The molecule has 0 saturated heterocycles. The molecule has 3 aromatic rings. The molecule has 0 aliphatic heterocycles. The van der Waals surface area contributed by atoms with Crippen molar-refractivity contribution in [1.82, 2.24) is 4.98 Å². The van der Waals surface area contributed by atoms with E-state index in [1.807, 2.05) is 0 Å². The van der Waals surface area contributed by atoms with Crippen molar-refractivity contribution >= 4 is 15.8 Å². The molecule has 3 rings (SSSR count). The van der Waals surface area contributed by atoms with E-state index in [-0.39, 0.29) is 33.3 Å². The van der Waals surface area contributed by atoms with Crippen molar-refractivity contribution in [3.05, 3.63) is 77.5 Å². The second-order valence-electron chi connectivity index (χ2n) is 5.57. The fourth-order valence-corrected chi connectivity index (χ4v) is 3.33. The summed E-state index contributed by atoms with van der Waals surface area (Å²) in [7, 11) is -4.14. The van der Waals surface area contributed by atoms with Gasteiger partial charge in [0.15, 0.2) is 11.6 Å². The molecule has 0 aliphatic carbocycles. The van der Waals surface area contributed by atoms with Gasteiger partial charge in [-0.2, -0.15) is 10.5 Å². The number of anilines is 1. The number of benzene rings is 2. The van der Waals surface area contributed by atoms with E-state index in [1.54, 1.807) is 12.1 Å². The number of hydrogen-bond donors (Lipinski definition) is 1. The van der Waals surface area contributed by atoms with E-state index in [0.717, 1.165) is 36.5 Å². The number of nitrogens with zero attached hydrogens (tertiary/aromatic N) is 3. The van der Waals surface area contributed by atoms with Crippen LogP contribution >= 0.6 is 0 Å². The number of rotatable bonds is 5. The molecular formula is C19H10F2N4O3S. The summed E-state index contributed by atoms with van der Waals surface area (Å²) in [4.78, 5) is 3.32. The summed E-state index contributed by atoms with van der Waals surface area (Å²) in [6.45, 7) is 0. The number of aromatic nitrogens is 1. The molecule has 7 nitrogen and oxygen atoms in total. The smallest absolute Gasteiger partial charge is 0.263 e. The molecular weight excluding hydrogens is 402 g/mol. The van der Waals surface area contributed by atoms with Crippen LogP contribution in [0.2, 0.25) is 0 Å². The van der Waals surface area contributed by atoms with Crippen LogP contribution in [0.3, 0.4) is 0 Å². The SMILES string of the molecule is N#Cc1cc(S(=O)(=O)Nc2ccc(F)cn2)ccc1Oc1c(F)cccc1C#N. The Balaban J connectivity index is 1.94. The minimum Gasteiger partial charge on any atom is -0.451 e. The normalized spacial score (nSPS) is 10.6. The zero-order chi connectivity index (χ0) is 21.0. The van der Waals surface area contributed by atoms with Gasteiger partial charge in [-0.1, -0.05) is 6.07 Å². The van der Waals surface area contributed by atoms with Crippen LogP contribution in [0.1, 0.15) is 11.1 Å². The number of para-hydroxylation sites is 1. The molecule has 1 heterocycles. The molecule has 0 fully saturated rings. The number of halogens is 2. The second-order valence-corrected chi connectivity index (χ2v) is 7.25. The largest absolute Gasteiger partial charge is 0.451 e. The Morgan fingerprint density at radius 3 is 2.41 bits per heavy atom. The molecule has 0 unspecified atom stereocenters. The van der Waals surface area contributed by atoms with Crippen molar-refractivity contribution in [3.8, 4) is 23.6 Å². The number of hydrogen-bond acceptors (Lipinski definition) is 6. The maximum Gasteiger partial charge on any atom is 0.263 e. The van der Waals surface area contributed by atoms with Gasteiger partial charge in [-0.3, -0.25) is 4.72 Å². The summed E-state index contributed by atoms with van der Waals surface area (Å²) in [6, 6.07) is 12.8. The lowest BCUT2D eigenvalue weighted by Gasteiger charge is -2.12. The summed E-state index contributed by atoms with van der Waals surface area (Å²) in [6.07, 6.45) is 0.844. The molecule has 29 heavy (non-hydrogen) atoms. The van der Waals surface area contributed by atoms with Gasteiger partial charge in [-0.05, 0) is 42.5 Å². The van der Waals surface area contributed by atoms with E-state index in [9.17, 15) is 22.5 Å². The van der Waals surface area contributed by atoms with E-state index < -0.39 is 21.7 Å². The average Bonchev–Trinajstić information content (AvgIpc) is 2.71. The van der Waals surface area contributed by atoms with Crippen LogP contribution in [0.25, 0.3) is 0 Å². The van der Waals surface area contributed by atoms with Crippen molar-refractivity contribution in [3.63, 3.8) is 0 Å². The fourth-order valence-electron chi connectivity index (χ4n) is 2.30. The van der Waals surface area contributed by atoms with E-state index in [4.69, 9.17) is 10.00 Å². The molecule has 0 atom stereocenters. The molecule has 10 heteroatoms. The van der Waals surface area contributed by atoms with Crippen molar-refractivity contribution in [2.45, 2.75) is 4.90 Å². The van der Waals surface area contributed by atoms with E-state index >= 15 is 0 Å². The summed E-state index contributed by atoms with van der Waals surface area (Å²) in [5.41, 5.74) is -0.290. The summed E-state index contributed by atoms with van der Waals surface area (Å²) in [5.74, 6) is -2.07. The highest BCUT2D eigenvalue weighted by Crippen LogP contribution is 2.31. The van der Waals surface area contributed by atoms with Gasteiger partial charge in [0, 0.05) is 0 Å². The molecule has 144 valence electrons. The third-order valence-corrected chi connectivity index (χ3v) is 5.00. The van der Waals surface area contributed by atoms with Crippen LogP contribution in [0.15, 0.2) is 59.6 Å². The van der Waals surface area contributed by atoms with E-state index in [0.29, 0.717) is 0 Å². The predicted octanol–water partition coefficient (Wildman–Crippen LogP) is 3.70. The van der Waals surface area contributed by atoms with E-state index in [1.165, 1.54) is 18.2 Å². The second kappa shape index (κ2) is 7.92. The monoisotopic (exact) mass is 412 g/mol. The van der Waals surface area contributed by atoms with Gasteiger partial charge in [0.05, 0.1) is 22.2 Å². The zero-order valence-electron chi connectivity index (χ0n) is 14.4. The minimum atomic E-state index is -4.14. The Labute approximate surface area is 164 Å². The van der Waals surface area contributed by atoms with Crippen molar-refractivity contribution in [2.75, 3.05) is 4.72 Å². The maximum atomic E-state index is 14.0. The topological polar surface area (TPSA) is 116 Å². The molecule has 0 radical (unpaired) electrons. The molecule has 2 aromatic carbocycles. The average molecular weight is 412 g/mol. The maximum absolute atomic E-state index is 14.0. The Morgan fingerprint density at radius 2 is 1.76 bits per heavy atom. The van der Waals surface area contributed by atoms with Crippen LogP contribution in [0.4, 0.5) is 14.6 Å². The molecule has 0 saturated carbocycles. The first-order valence-corrected chi connectivity index (χ1v) is 9.37. The highest BCUT2D eigenvalue weighted by atomic mass is 32.2. The standard InChI is InChI=1S/C19H10F2N4O3S/c20-14-4-7-18(24-11-14)25-29(26,27)15-5-6-17(13(8-15)10-23)28-19-12(9-22)2-1-3-16(19)21/h1-8,11H,(H,24,25). The number of pyridine rings is 1. The summed E-state index contributed by atoms with van der Waals surface area (Å²) in [5, 5.41) is 18.4. The number of sulfonamides is 1. The Bertz CT molecular complexity index is 1260. The van der Waals surface area contributed by atoms with Crippen LogP contribution in [-0.2, 0) is 10.0 Å². The van der Waals surface area contributed by atoms with Crippen molar-refractivity contribution in [1.29, 1.82) is 10.5 Å². The van der Waals surface area contributed by atoms with Crippen LogP contribution in [0, 0.1) is 34.3 Å². The Morgan fingerprint density at radius 1 is 1.00 bits per heavy atom. The van der Waals surface area contributed by atoms with Gasteiger partial charge in [0.2, 0.25) is 0 Å². The molecule has 1 aromatic heterocycles. The van der Waals surface area contributed by atoms with Crippen LogP contribution in [-0.4, -0.2) is 13.4 Å². The Hall–Kier alpha value is -4.02. The number of ether oxygens (including phenoxy) is 1. The molecule has 0 aliphatic rings. The van der Waals surface area contributed by atoms with Gasteiger partial charge in [0.1, 0.15) is 29.5 Å². The van der Waals surface area contributed by atoms with Crippen LogP contribution in [0.5, 0.6) is 11.5 Å². The van der Waals surface area contributed by atoms with Gasteiger partial charge in [-0.15, -0.1) is 0 Å². The molecule has 0 amide bonds. The zero-order valence-corrected chi connectivity index (χ0v) is 15.2. The minimum absolute atomic E-state index is 0.0883. The first-order chi connectivity index (χ1) is 13.8. The third kappa shape index (κ3) is 4.29. The molecule has 0 bridgehead atoms. The van der Waals surface area contributed by atoms with Gasteiger partial charge in [-0.25, -0.2) is 22.2 Å². The summed E-state index contributed by atoms with van der Waals surface area (Å²) < 4.78 is 59.4. The van der Waals surface area contributed by atoms with Crippen LogP contribution < -0.4 is 9.46 Å². The highest BCUT2D eigenvalue weighted by Gasteiger charge is 2.19. The van der Waals surface area contributed by atoms with Gasteiger partial charge < -0.3 is 4.74 Å². The lowest BCUT2D eigenvalue weighted by Crippen LogP contribution is -2.14. The quantitative estimate of drug-likeness (QED) is 0.683. The fraction of sp³-hybridized carbons (Fsp3) is 0. The summed E-state index contributed by atoms with van der Waals surface area (Å²) >= 11 is 0. The van der Waals surface area contributed by atoms with Crippen molar-refractivity contribution in [2.24, 2.45) is 0 Å². The third-order valence-electron chi connectivity index (χ3n) is 3.65. The van der Waals surface area contributed by atoms with Crippen molar-refractivity contribution < 1.29 is 21.9 Å². The van der Waals surface area contributed by atoms with Gasteiger partial charge >= 0.3 is 0 Å². The highest BCUT2D eigenvalue weighted by molar-refractivity contribution is 7.92. The first kappa shape index (κ1) is 19.7. The first-order valence-electron chi connectivity index (χ1n) is 7.89.